The molecule has 0 spiro atoms. The molecule has 0 saturated heterocycles. The number of phenolic OH excluding ortho intramolecular Hbond substituents is 1. The van der Waals surface area contributed by atoms with Crippen molar-refractivity contribution in [2.24, 2.45) is 11.7 Å². The molecule has 1 rings (SSSR count). The van der Waals surface area contributed by atoms with Crippen molar-refractivity contribution in [1.82, 2.24) is 16.0 Å². The number of carboxylic acids is 3. The summed E-state index contributed by atoms with van der Waals surface area (Å²) in [6.45, 7) is 3.51. The zero-order chi connectivity index (χ0) is 29.7. The van der Waals surface area contributed by atoms with E-state index in [1.54, 1.807) is 13.8 Å². The van der Waals surface area contributed by atoms with Crippen molar-refractivity contribution in [3.63, 3.8) is 0 Å². The van der Waals surface area contributed by atoms with Gasteiger partial charge in [0.15, 0.2) is 0 Å². The number of carboxylic acid groups (broad SMARTS) is 3. The van der Waals surface area contributed by atoms with E-state index in [0.717, 1.165) is 0 Å². The molecule has 1 aromatic carbocycles. The molecule has 0 bridgehead atoms. The first-order valence-corrected chi connectivity index (χ1v) is 12.3. The molecule has 4 atom stereocenters. The maximum Gasteiger partial charge on any atom is 0.326 e. The van der Waals surface area contributed by atoms with Crippen LogP contribution < -0.4 is 21.7 Å². The van der Waals surface area contributed by atoms with Crippen molar-refractivity contribution in [3.05, 3.63) is 29.8 Å². The second-order valence-electron chi connectivity index (χ2n) is 9.49. The number of carbonyl (C=O) groups excluding carboxylic acids is 3. The highest BCUT2D eigenvalue weighted by atomic mass is 16.4. The molecule has 14 nitrogen and oxygen atoms in total. The van der Waals surface area contributed by atoms with Crippen LogP contribution in [0.4, 0.5) is 0 Å². The summed E-state index contributed by atoms with van der Waals surface area (Å²) in [6.07, 6.45) is -1.50. The first-order valence-electron chi connectivity index (χ1n) is 12.3. The van der Waals surface area contributed by atoms with Crippen LogP contribution in [0.3, 0.4) is 0 Å². The minimum atomic E-state index is -1.44. The molecular formula is C25H36N4O10. The number of hydrogen-bond donors (Lipinski definition) is 8. The molecule has 0 heterocycles. The molecule has 0 radical (unpaired) electrons. The van der Waals surface area contributed by atoms with Crippen molar-refractivity contribution in [2.75, 3.05) is 0 Å². The fraction of sp³-hybridized carbons (Fsp3) is 0.520. The van der Waals surface area contributed by atoms with Gasteiger partial charge in [-0.15, -0.1) is 0 Å². The van der Waals surface area contributed by atoms with E-state index in [-0.39, 0.29) is 43.8 Å². The van der Waals surface area contributed by atoms with Crippen molar-refractivity contribution in [2.45, 2.75) is 76.5 Å². The van der Waals surface area contributed by atoms with Crippen molar-refractivity contribution in [3.8, 4) is 5.75 Å². The lowest BCUT2D eigenvalue weighted by molar-refractivity contribution is -0.143. The van der Waals surface area contributed by atoms with E-state index in [0.29, 0.717) is 5.56 Å². The van der Waals surface area contributed by atoms with Crippen molar-refractivity contribution < 1.29 is 49.2 Å². The van der Waals surface area contributed by atoms with E-state index < -0.39 is 66.2 Å². The number of nitrogens with one attached hydrogen (secondary N) is 3. The number of carbonyl (C=O) groups is 6. The SMILES string of the molecule is CC(C)CC(NC(=O)C(CCC(=O)O)NC(=O)C(Cc1ccc(O)cc1)NC(=O)C(N)CCC(=O)O)C(=O)O. The predicted molar refractivity (Wildman–Crippen MR) is 136 cm³/mol. The highest BCUT2D eigenvalue weighted by Crippen LogP contribution is 2.13. The minimum Gasteiger partial charge on any atom is -0.508 e. The third kappa shape index (κ3) is 12.7. The summed E-state index contributed by atoms with van der Waals surface area (Å²) in [4.78, 5) is 72.3. The van der Waals surface area contributed by atoms with E-state index in [1.807, 2.05) is 0 Å². The number of nitrogens with two attached hydrogens (primary N) is 1. The van der Waals surface area contributed by atoms with Gasteiger partial charge in [0.05, 0.1) is 6.04 Å². The van der Waals surface area contributed by atoms with E-state index in [9.17, 15) is 39.0 Å². The lowest BCUT2D eigenvalue weighted by atomic mass is 10.0. The monoisotopic (exact) mass is 552 g/mol. The van der Waals surface area contributed by atoms with Gasteiger partial charge >= 0.3 is 17.9 Å². The quantitative estimate of drug-likeness (QED) is 0.123. The average molecular weight is 553 g/mol. The normalized spacial score (nSPS) is 13.9. The maximum atomic E-state index is 13.2. The van der Waals surface area contributed by atoms with Crippen LogP contribution in [0.25, 0.3) is 0 Å². The third-order valence-corrected chi connectivity index (χ3v) is 5.62. The van der Waals surface area contributed by atoms with Gasteiger partial charge in [-0.05, 0) is 42.9 Å². The smallest absolute Gasteiger partial charge is 0.326 e. The summed E-state index contributed by atoms with van der Waals surface area (Å²) < 4.78 is 0. The van der Waals surface area contributed by atoms with Gasteiger partial charge in [0, 0.05) is 19.3 Å². The van der Waals surface area contributed by atoms with Crippen LogP contribution in [0, 0.1) is 5.92 Å². The predicted octanol–water partition coefficient (Wildman–Crippen LogP) is -0.423. The van der Waals surface area contributed by atoms with Gasteiger partial charge in [-0.3, -0.25) is 24.0 Å². The summed E-state index contributed by atoms with van der Waals surface area (Å²) in [5, 5.41) is 44.0. The van der Waals surface area contributed by atoms with Crippen LogP contribution in [0.2, 0.25) is 0 Å². The number of aromatic hydroxyl groups is 1. The van der Waals surface area contributed by atoms with E-state index in [2.05, 4.69) is 16.0 Å². The Morgan fingerprint density at radius 2 is 1.23 bits per heavy atom. The highest BCUT2D eigenvalue weighted by Gasteiger charge is 2.31. The number of phenols is 1. The Morgan fingerprint density at radius 1 is 0.744 bits per heavy atom. The Morgan fingerprint density at radius 3 is 1.74 bits per heavy atom. The lowest BCUT2D eigenvalue weighted by Gasteiger charge is -2.25. The first-order chi connectivity index (χ1) is 18.2. The molecule has 0 aliphatic carbocycles. The van der Waals surface area contributed by atoms with Crippen LogP contribution in [0.5, 0.6) is 5.75 Å². The van der Waals surface area contributed by atoms with Crippen molar-refractivity contribution in [1.29, 1.82) is 0 Å². The standard InChI is InChI=1S/C25H36N4O10/c1-13(2)11-19(25(38)39)29-23(36)17(8-10-21(33)34)27-24(37)18(12-14-3-5-15(30)6-4-14)28-22(35)16(26)7-9-20(31)32/h3-6,13,16-19,30H,7-12,26H2,1-2H3,(H,27,37)(H,28,35)(H,29,36)(H,31,32)(H,33,34)(H,38,39). The van der Waals surface area contributed by atoms with Gasteiger partial charge in [-0.2, -0.15) is 0 Å². The Bertz CT molecular complexity index is 1030. The van der Waals surface area contributed by atoms with E-state index in [1.165, 1.54) is 24.3 Å². The molecule has 216 valence electrons. The largest absolute Gasteiger partial charge is 0.508 e. The molecule has 0 aliphatic heterocycles. The molecule has 0 aliphatic rings. The second-order valence-corrected chi connectivity index (χ2v) is 9.49. The number of rotatable bonds is 17. The molecular weight excluding hydrogens is 516 g/mol. The highest BCUT2D eigenvalue weighted by molar-refractivity contribution is 5.94. The summed E-state index contributed by atoms with van der Waals surface area (Å²) in [7, 11) is 0. The minimum absolute atomic E-state index is 0.0423. The van der Waals surface area contributed by atoms with Gasteiger partial charge in [-0.1, -0.05) is 26.0 Å². The number of amides is 3. The molecule has 4 unspecified atom stereocenters. The summed E-state index contributed by atoms with van der Waals surface area (Å²) in [6, 6.07) is 0.389. The van der Waals surface area contributed by atoms with Gasteiger partial charge in [0.2, 0.25) is 17.7 Å². The van der Waals surface area contributed by atoms with Crippen LogP contribution >= 0.6 is 0 Å². The molecule has 14 heteroatoms. The summed E-state index contributed by atoms with van der Waals surface area (Å²) in [5.41, 5.74) is 6.26. The van der Waals surface area contributed by atoms with Gasteiger partial charge in [-0.25, -0.2) is 4.79 Å². The molecule has 0 saturated carbocycles. The van der Waals surface area contributed by atoms with E-state index in [4.69, 9.17) is 15.9 Å². The van der Waals surface area contributed by atoms with Crippen LogP contribution in [-0.4, -0.2) is 80.2 Å². The molecule has 1 aromatic rings. The Labute approximate surface area is 225 Å². The fourth-order valence-corrected chi connectivity index (χ4v) is 3.54. The zero-order valence-electron chi connectivity index (χ0n) is 21.8. The zero-order valence-corrected chi connectivity index (χ0v) is 21.8. The van der Waals surface area contributed by atoms with Crippen LogP contribution in [0.15, 0.2) is 24.3 Å². The van der Waals surface area contributed by atoms with Gasteiger partial charge in [0.25, 0.3) is 0 Å². The van der Waals surface area contributed by atoms with Crippen molar-refractivity contribution >= 4 is 35.6 Å². The first kappa shape index (κ1) is 32.8. The number of benzene rings is 1. The number of aliphatic carboxylic acids is 3. The van der Waals surface area contributed by atoms with Gasteiger partial charge in [0.1, 0.15) is 23.9 Å². The molecule has 9 N–H and O–H groups in total. The van der Waals surface area contributed by atoms with Crippen LogP contribution in [0.1, 0.15) is 51.5 Å². The lowest BCUT2D eigenvalue weighted by Crippen LogP contribution is -2.57. The fourth-order valence-electron chi connectivity index (χ4n) is 3.54. The second kappa shape index (κ2) is 15.9. The summed E-state index contributed by atoms with van der Waals surface area (Å²) >= 11 is 0. The molecule has 0 aromatic heterocycles. The number of hydrogen-bond acceptors (Lipinski definition) is 8. The maximum absolute atomic E-state index is 13.2. The van der Waals surface area contributed by atoms with E-state index >= 15 is 0 Å². The summed E-state index contributed by atoms with van der Waals surface area (Å²) in [5.74, 6) is -6.47. The van der Waals surface area contributed by atoms with Crippen LogP contribution in [-0.2, 0) is 35.2 Å². The molecule has 3 amide bonds. The topological polar surface area (TPSA) is 245 Å². The third-order valence-electron chi connectivity index (χ3n) is 5.62. The Hall–Kier alpha value is -4.20. The Kier molecular flexibility index (Phi) is 13.4. The molecule has 0 fully saturated rings. The van der Waals surface area contributed by atoms with Gasteiger partial charge < -0.3 is 42.1 Å². The Balaban J connectivity index is 3.16. The molecule has 39 heavy (non-hydrogen) atoms. The average Bonchev–Trinajstić information content (AvgIpc) is 2.84.